The summed E-state index contributed by atoms with van der Waals surface area (Å²) < 4.78 is 1.34. The highest BCUT2D eigenvalue weighted by atomic mass is 16.3. The number of H-pyrrole nitrogens is 1. The third kappa shape index (κ3) is 3.12. The summed E-state index contributed by atoms with van der Waals surface area (Å²) in [5.41, 5.74) is 7.02. The van der Waals surface area contributed by atoms with E-state index in [2.05, 4.69) is 4.98 Å². The van der Waals surface area contributed by atoms with Crippen molar-refractivity contribution < 1.29 is 5.11 Å². The number of anilines is 1. The molecule has 120 valence electrons. The number of aromatic nitrogens is 2. The number of aromatic hydroxyl groups is 1. The lowest BCUT2D eigenvalue weighted by atomic mass is 10.2. The van der Waals surface area contributed by atoms with E-state index in [0.717, 1.165) is 5.56 Å². The Morgan fingerprint density at radius 1 is 1.00 bits per heavy atom. The van der Waals surface area contributed by atoms with E-state index in [9.17, 15) is 14.7 Å². The standard InChI is InChI=1S/C18H15N3O3/c19-15-3-1-2-4-16(15)21-13(11-17(23)20-18(21)24)8-5-12-6-9-14(22)10-7-12/h1-11,22H,19H2,(H,20,23,24)/b8-5+. The minimum atomic E-state index is -0.564. The average molecular weight is 321 g/mol. The molecule has 0 bridgehead atoms. The fourth-order valence-electron chi connectivity index (χ4n) is 2.34. The Hall–Kier alpha value is -3.54. The minimum Gasteiger partial charge on any atom is -0.508 e. The van der Waals surface area contributed by atoms with Gasteiger partial charge in [-0.25, -0.2) is 4.79 Å². The normalized spacial score (nSPS) is 11.0. The molecule has 0 aliphatic carbocycles. The van der Waals surface area contributed by atoms with Crippen LogP contribution in [0.3, 0.4) is 0 Å². The van der Waals surface area contributed by atoms with Gasteiger partial charge in [-0.15, -0.1) is 0 Å². The molecule has 24 heavy (non-hydrogen) atoms. The van der Waals surface area contributed by atoms with Crippen LogP contribution in [0.1, 0.15) is 11.3 Å². The fourth-order valence-corrected chi connectivity index (χ4v) is 2.34. The Bertz CT molecular complexity index is 1010. The van der Waals surface area contributed by atoms with Gasteiger partial charge in [0.1, 0.15) is 5.75 Å². The summed E-state index contributed by atoms with van der Waals surface area (Å²) in [5, 5.41) is 9.31. The van der Waals surface area contributed by atoms with Crippen molar-refractivity contribution in [2.75, 3.05) is 5.73 Å². The molecule has 6 heteroatoms. The molecule has 0 unspecified atom stereocenters. The molecular weight excluding hydrogens is 306 g/mol. The molecule has 1 heterocycles. The van der Waals surface area contributed by atoms with Crippen molar-refractivity contribution in [1.82, 2.24) is 9.55 Å². The molecule has 4 N–H and O–H groups in total. The van der Waals surface area contributed by atoms with Gasteiger partial charge < -0.3 is 10.8 Å². The van der Waals surface area contributed by atoms with E-state index in [1.54, 1.807) is 60.7 Å². The molecule has 0 aliphatic heterocycles. The van der Waals surface area contributed by atoms with Crippen LogP contribution in [0.15, 0.2) is 64.2 Å². The quantitative estimate of drug-likeness (QED) is 0.642. The van der Waals surface area contributed by atoms with Crippen LogP contribution < -0.4 is 17.0 Å². The summed E-state index contributed by atoms with van der Waals surface area (Å²) in [6.07, 6.45) is 3.39. The number of hydrogen-bond donors (Lipinski definition) is 3. The van der Waals surface area contributed by atoms with Crippen LogP contribution in [-0.4, -0.2) is 14.7 Å². The number of benzene rings is 2. The molecule has 3 rings (SSSR count). The van der Waals surface area contributed by atoms with Crippen LogP contribution >= 0.6 is 0 Å². The van der Waals surface area contributed by atoms with E-state index in [-0.39, 0.29) is 5.75 Å². The maximum Gasteiger partial charge on any atom is 0.333 e. The van der Waals surface area contributed by atoms with Crippen LogP contribution in [0, 0.1) is 0 Å². The highest BCUT2D eigenvalue weighted by Crippen LogP contribution is 2.17. The zero-order valence-electron chi connectivity index (χ0n) is 12.6. The van der Waals surface area contributed by atoms with E-state index < -0.39 is 11.2 Å². The number of phenolic OH excluding ortho intramolecular Hbond substituents is 1. The molecule has 0 aliphatic rings. The van der Waals surface area contributed by atoms with Crippen molar-refractivity contribution >= 4 is 17.8 Å². The third-order valence-electron chi connectivity index (χ3n) is 3.49. The molecule has 3 aromatic rings. The van der Waals surface area contributed by atoms with E-state index in [4.69, 9.17) is 5.73 Å². The summed E-state index contributed by atoms with van der Waals surface area (Å²) in [5.74, 6) is 0.164. The van der Waals surface area contributed by atoms with Gasteiger partial charge in [0.05, 0.1) is 17.1 Å². The molecule has 0 spiro atoms. The Morgan fingerprint density at radius 3 is 2.42 bits per heavy atom. The minimum absolute atomic E-state index is 0.164. The SMILES string of the molecule is Nc1ccccc1-n1c(/C=C/c2ccc(O)cc2)cc(=O)[nH]c1=O. The van der Waals surface area contributed by atoms with Crippen LogP contribution in [-0.2, 0) is 0 Å². The maximum absolute atomic E-state index is 12.3. The first-order valence-electron chi connectivity index (χ1n) is 7.23. The lowest BCUT2D eigenvalue weighted by molar-refractivity contribution is 0.475. The monoisotopic (exact) mass is 321 g/mol. The summed E-state index contributed by atoms with van der Waals surface area (Å²) in [4.78, 5) is 26.2. The lowest BCUT2D eigenvalue weighted by Crippen LogP contribution is -2.30. The second-order valence-corrected chi connectivity index (χ2v) is 5.18. The van der Waals surface area contributed by atoms with Crippen molar-refractivity contribution in [2.45, 2.75) is 0 Å². The Morgan fingerprint density at radius 2 is 1.71 bits per heavy atom. The first-order valence-corrected chi connectivity index (χ1v) is 7.23. The highest BCUT2D eigenvalue weighted by Gasteiger charge is 2.08. The van der Waals surface area contributed by atoms with E-state index >= 15 is 0 Å². The molecule has 0 amide bonds. The van der Waals surface area contributed by atoms with Crippen molar-refractivity contribution in [1.29, 1.82) is 0 Å². The van der Waals surface area contributed by atoms with Gasteiger partial charge in [0.25, 0.3) is 5.56 Å². The van der Waals surface area contributed by atoms with Crippen LogP contribution in [0.5, 0.6) is 5.75 Å². The lowest BCUT2D eigenvalue weighted by Gasteiger charge is -2.11. The number of nitrogens with zero attached hydrogens (tertiary/aromatic N) is 1. The number of rotatable bonds is 3. The van der Waals surface area contributed by atoms with Gasteiger partial charge in [0.15, 0.2) is 0 Å². The summed E-state index contributed by atoms with van der Waals surface area (Å²) in [6, 6.07) is 14.8. The van der Waals surface area contributed by atoms with E-state index in [0.29, 0.717) is 17.1 Å². The smallest absolute Gasteiger partial charge is 0.333 e. The van der Waals surface area contributed by atoms with Crippen LogP contribution in [0.2, 0.25) is 0 Å². The number of phenols is 1. The highest BCUT2D eigenvalue weighted by molar-refractivity contribution is 5.70. The van der Waals surface area contributed by atoms with Gasteiger partial charge in [0.2, 0.25) is 0 Å². The van der Waals surface area contributed by atoms with E-state index in [1.807, 2.05) is 0 Å². The van der Waals surface area contributed by atoms with Gasteiger partial charge in [-0.2, -0.15) is 0 Å². The van der Waals surface area contributed by atoms with Gasteiger partial charge in [0, 0.05) is 6.07 Å². The van der Waals surface area contributed by atoms with Gasteiger partial charge in [-0.3, -0.25) is 14.3 Å². The van der Waals surface area contributed by atoms with Gasteiger partial charge in [-0.1, -0.05) is 30.3 Å². The van der Waals surface area contributed by atoms with Crippen LogP contribution in [0.4, 0.5) is 5.69 Å². The molecule has 0 saturated heterocycles. The van der Waals surface area contributed by atoms with Crippen molar-refractivity contribution in [2.24, 2.45) is 0 Å². The zero-order chi connectivity index (χ0) is 17.1. The summed E-state index contributed by atoms with van der Waals surface area (Å²) >= 11 is 0. The summed E-state index contributed by atoms with van der Waals surface area (Å²) in [7, 11) is 0. The van der Waals surface area contributed by atoms with Crippen molar-refractivity contribution in [3.05, 3.63) is 86.7 Å². The van der Waals surface area contributed by atoms with Gasteiger partial charge in [-0.05, 0) is 35.9 Å². The Balaban J connectivity index is 2.14. The largest absolute Gasteiger partial charge is 0.508 e. The number of aromatic amines is 1. The number of nitrogen functional groups attached to an aromatic ring is 1. The molecule has 0 radical (unpaired) electrons. The predicted octanol–water partition coefficient (Wildman–Crippen LogP) is 1.98. The number of nitrogens with two attached hydrogens (primary N) is 1. The number of hydrogen-bond acceptors (Lipinski definition) is 4. The Labute approximate surface area is 137 Å². The zero-order valence-corrected chi connectivity index (χ0v) is 12.6. The first kappa shape index (κ1) is 15.4. The van der Waals surface area contributed by atoms with Gasteiger partial charge >= 0.3 is 5.69 Å². The number of para-hydroxylation sites is 2. The third-order valence-corrected chi connectivity index (χ3v) is 3.49. The second kappa shape index (κ2) is 6.29. The average Bonchev–Trinajstić information content (AvgIpc) is 2.55. The predicted molar refractivity (Wildman–Crippen MR) is 94.1 cm³/mol. The molecule has 0 atom stereocenters. The second-order valence-electron chi connectivity index (χ2n) is 5.18. The molecule has 0 fully saturated rings. The fraction of sp³-hybridized carbons (Fsp3) is 0. The first-order chi connectivity index (χ1) is 11.5. The van der Waals surface area contributed by atoms with Crippen molar-refractivity contribution in [3.8, 4) is 11.4 Å². The molecule has 1 aromatic heterocycles. The van der Waals surface area contributed by atoms with E-state index in [1.165, 1.54) is 10.6 Å². The molecular formula is C18H15N3O3. The topological polar surface area (TPSA) is 101 Å². The van der Waals surface area contributed by atoms with Crippen molar-refractivity contribution in [3.63, 3.8) is 0 Å². The van der Waals surface area contributed by atoms with Crippen LogP contribution in [0.25, 0.3) is 17.8 Å². The molecule has 2 aromatic carbocycles. The maximum atomic E-state index is 12.3. The Kier molecular flexibility index (Phi) is 4.03. The summed E-state index contributed by atoms with van der Waals surface area (Å²) in [6.45, 7) is 0. The molecule has 6 nitrogen and oxygen atoms in total. The molecule has 0 saturated carbocycles. The number of nitrogens with one attached hydrogen (secondary N) is 1.